The van der Waals surface area contributed by atoms with E-state index in [1.807, 2.05) is 6.07 Å². The Morgan fingerprint density at radius 2 is 2.31 bits per heavy atom. The number of aliphatic carboxylic acids is 1. The molecule has 0 fully saturated rings. The van der Waals surface area contributed by atoms with Crippen molar-refractivity contribution in [2.75, 3.05) is 0 Å². The first-order chi connectivity index (χ1) is 7.58. The zero-order valence-corrected chi connectivity index (χ0v) is 8.51. The lowest BCUT2D eigenvalue weighted by Crippen LogP contribution is -2.03. The molecular weight excluding hydrogens is 208 g/mol. The molecule has 0 aliphatic heterocycles. The van der Waals surface area contributed by atoms with Crippen molar-refractivity contribution in [1.29, 1.82) is 10.5 Å². The van der Waals surface area contributed by atoms with Crippen LogP contribution in [0.15, 0.2) is 18.0 Å². The molecule has 6 nitrogen and oxygen atoms in total. The topological polar surface area (TPSA) is 103 Å². The van der Waals surface area contributed by atoms with Crippen LogP contribution in [0.4, 0.5) is 0 Å². The van der Waals surface area contributed by atoms with Crippen LogP contribution in [0.1, 0.15) is 18.3 Å². The van der Waals surface area contributed by atoms with E-state index in [4.69, 9.17) is 15.6 Å². The smallest absolute Gasteiger partial charge is 0.328 e. The zero-order valence-electron chi connectivity index (χ0n) is 8.51. The first-order valence-corrected chi connectivity index (χ1v) is 4.34. The van der Waals surface area contributed by atoms with Gasteiger partial charge in [0.2, 0.25) is 0 Å². The van der Waals surface area contributed by atoms with Gasteiger partial charge in [-0.3, -0.25) is 0 Å². The lowest BCUT2D eigenvalue weighted by molar-refractivity contribution is -0.131. The second-order valence-electron chi connectivity index (χ2n) is 3.12. The van der Waals surface area contributed by atoms with E-state index >= 15 is 0 Å². The van der Waals surface area contributed by atoms with Crippen LogP contribution in [0.3, 0.4) is 0 Å². The van der Waals surface area contributed by atoms with Gasteiger partial charge in [-0.2, -0.15) is 10.5 Å². The quantitative estimate of drug-likeness (QED) is 0.747. The number of rotatable bonds is 3. The first-order valence-electron chi connectivity index (χ1n) is 4.34. The number of allylic oxidation sites excluding steroid dienone is 1. The maximum absolute atomic E-state index is 10.4. The van der Waals surface area contributed by atoms with E-state index in [-0.39, 0.29) is 17.9 Å². The number of hydrogen-bond acceptors (Lipinski definition) is 4. The van der Waals surface area contributed by atoms with Crippen molar-refractivity contribution in [3.8, 4) is 12.1 Å². The summed E-state index contributed by atoms with van der Waals surface area (Å²) >= 11 is 0. The van der Waals surface area contributed by atoms with Crippen molar-refractivity contribution >= 4 is 5.97 Å². The van der Waals surface area contributed by atoms with Crippen LogP contribution in [0.5, 0.6) is 0 Å². The van der Waals surface area contributed by atoms with Crippen LogP contribution in [-0.4, -0.2) is 20.6 Å². The summed E-state index contributed by atoms with van der Waals surface area (Å²) in [6, 6.07) is 3.65. The molecule has 0 bridgehead atoms. The lowest BCUT2D eigenvalue weighted by Gasteiger charge is -2.02. The van der Waals surface area contributed by atoms with Crippen molar-refractivity contribution in [2.24, 2.45) is 0 Å². The van der Waals surface area contributed by atoms with Gasteiger partial charge < -0.3 is 9.67 Å². The molecule has 80 valence electrons. The number of aromatic nitrogens is 2. The average molecular weight is 216 g/mol. The molecule has 1 N–H and O–H groups in total. The third-order valence-electron chi connectivity index (χ3n) is 1.84. The fourth-order valence-corrected chi connectivity index (χ4v) is 1.23. The summed E-state index contributed by atoms with van der Waals surface area (Å²) in [5, 5.41) is 26.0. The summed E-state index contributed by atoms with van der Waals surface area (Å²) in [5.41, 5.74) is 0.747. The summed E-state index contributed by atoms with van der Waals surface area (Å²) in [4.78, 5) is 14.1. The summed E-state index contributed by atoms with van der Waals surface area (Å²) in [6.45, 7) is 1.85. The third kappa shape index (κ3) is 2.46. The Morgan fingerprint density at radius 1 is 1.62 bits per heavy atom. The molecule has 1 aromatic rings. The van der Waals surface area contributed by atoms with Gasteiger partial charge in [0.05, 0.1) is 6.33 Å². The molecule has 0 radical (unpaired) electrons. The second kappa shape index (κ2) is 4.76. The summed E-state index contributed by atoms with van der Waals surface area (Å²) in [7, 11) is 0. The van der Waals surface area contributed by atoms with Gasteiger partial charge in [-0.15, -0.1) is 0 Å². The Kier molecular flexibility index (Phi) is 3.41. The monoisotopic (exact) mass is 216 g/mol. The molecule has 0 spiro atoms. The van der Waals surface area contributed by atoms with Crippen LogP contribution in [0.2, 0.25) is 0 Å². The van der Waals surface area contributed by atoms with Crippen LogP contribution in [-0.2, 0) is 11.3 Å². The van der Waals surface area contributed by atoms with Crippen LogP contribution >= 0.6 is 0 Å². The molecule has 0 saturated carbocycles. The Balaban J connectivity index is 3.00. The van der Waals surface area contributed by atoms with Gasteiger partial charge >= 0.3 is 5.97 Å². The Bertz CT molecular complexity index is 528. The number of carboxylic acids is 1. The summed E-state index contributed by atoms with van der Waals surface area (Å²) < 4.78 is 1.44. The van der Waals surface area contributed by atoms with E-state index in [1.54, 1.807) is 13.0 Å². The molecule has 0 aliphatic rings. The largest absolute Gasteiger partial charge is 0.478 e. The van der Waals surface area contributed by atoms with Crippen molar-refractivity contribution in [3.05, 3.63) is 29.4 Å². The Hall–Kier alpha value is -2.60. The number of carbonyl (C=O) groups is 1. The van der Waals surface area contributed by atoms with Gasteiger partial charge in [0, 0.05) is 12.6 Å². The molecular formula is C10H8N4O2. The average Bonchev–Trinajstić information content (AvgIpc) is 2.58. The van der Waals surface area contributed by atoms with Gasteiger partial charge in [0.1, 0.15) is 12.1 Å². The minimum atomic E-state index is -1.04. The van der Waals surface area contributed by atoms with Crippen LogP contribution in [0.25, 0.3) is 0 Å². The highest BCUT2D eigenvalue weighted by atomic mass is 16.4. The molecule has 0 saturated heterocycles. The predicted molar refractivity (Wildman–Crippen MR) is 53.0 cm³/mol. The van der Waals surface area contributed by atoms with Crippen molar-refractivity contribution < 1.29 is 9.90 Å². The molecule has 16 heavy (non-hydrogen) atoms. The van der Waals surface area contributed by atoms with E-state index in [0.29, 0.717) is 5.57 Å². The van der Waals surface area contributed by atoms with Gasteiger partial charge in [0.15, 0.2) is 11.4 Å². The van der Waals surface area contributed by atoms with E-state index in [1.165, 1.54) is 10.9 Å². The van der Waals surface area contributed by atoms with Gasteiger partial charge in [-0.05, 0) is 12.5 Å². The zero-order chi connectivity index (χ0) is 12.1. The molecule has 0 atom stereocenters. The van der Waals surface area contributed by atoms with E-state index in [9.17, 15) is 4.79 Å². The molecule has 0 amide bonds. The maximum Gasteiger partial charge on any atom is 0.328 e. The van der Waals surface area contributed by atoms with E-state index in [2.05, 4.69) is 4.98 Å². The fraction of sp³-hybridized carbons (Fsp3) is 0.200. The highest BCUT2D eigenvalue weighted by Crippen LogP contribution is 2.08. The molecule has 0 aromatic carbocycles. The highest BCUT2D eigenvalue weighted by molar-refractivity contribution is 5.80. The normalized spacial score (nSPS) is 10.6. The molecule has 0 aliphatic carbocycles. The highest BCUT2D eigenvalue weighted by Gasteiger charge is 2.09. The number of hydrogen-bond donors (Lipinski definition) is 1. The van der Waals surface area contributed by atoms with E-state index in [0.717, 1.165) is 6.08 Å². The van der Waals surface area contributed by atoms with Crippen molar-refractivity contribution in [1.82, 2.24) is 9.55 Å². The third-order valence-corrected chi connectivity index (χ3v) is 1.84. The van der Waals surface area contributed by atoms with Gasteiger partial charge in [0.25, 0.3) is 0 Å². The number of carboxylic acid groups (broad SMARTS) is 1. The fourth-order valence-electron chi connectivity index (χ4n) is 1.23. The lowest BCUT2D eigenvalue weighted by atomic mass is 10.2. The van der Waals surface area contributed by atoms with Crippen molar-refractivity contribution in [3.63, 3.8) is 0 Å². The Morgan fingerprint density at radius 3 is 2.81 bits per heavy atom. The van der Waals surface area contributed by atoms with Gasteiger partial charge in [-0.1, -0.05) is 0 Å². The second-order valence-corrected chi connectivity index (χ2v) is 3.12. The number of nitrogens with zero attached hydrogens (tertiary/aromatic N) is 4. The SMILES string of the molecule is CC(=CC(=O)O)Cn1cnc(C#N)c1C#N. The molecule has 1 aromatic heterocycles. The van der Waals surface area contributed by atoms with Gasteiger partial charge in [-0.25, -0.2) is 9.78 Å². The maximum atomic E-state index is 10.4. The molecule has 6 heteroatoms. The molecule has 1 heterocycles. The van der Waals surface area contributed by atoms with E-state index < -0.39 is 5.97 Å². The standard InChI is InChI=1S/C10H8N4O2/c1-7(2-10(15)16)5-14-6-13-8(3-11)9(14)4-12/h2,6H,5H2,1H3,(H,15,16). The predicted octanol–water partition coefficient (Wildman–Crippen LogP) is 0.657. The Labute approximate surface area is 91.7 Å². The minimum Gasteiger partial charge on any atom is -0.478 e. The summed E-state index contributed by atoms with van der Waals surface area (Å²) in [6.07, 6.45) is 2.39. The number of imidazole rings is 1. The molecule has 1 rings (SSSR count). The van der Waals surface area contributed by atoms with Crippen molar-refractivity contribution in [2.45, 2.75) is 13.5 Å². The number of nitriles is 2. The first kappa shape index (κ1) is 11.5. The summed E-state index contributed by atoms with van der Waals surface area (Å²) in [5.74, 6) is -1.04. The molecule has 0 unspecified atom stereocenters. The van der Waals surface area contributed by atoms with Crippen LogP contribution < -0.4 is 0 Å². The van der Waals surface area contributed by atoms with Crippen LogP contribution in [0, 0.1) is 22.7 Å². The minimum absolute atomic E-state index is 0.0469.